The van der Waals surface area contributed by atoms with Gasteiger partial charge in [0.2, 0.25) is 10.0 Å². The Morgan fingerprint density at radius 2 is 2.06 bits per heavy atom. The molecule has 0 saturated heterocycles. The third kappa shape index (κ3) is 5.23. The van der Waals surface area contributed by atoms with Crippen molar-refractivity contribution in [3.63, 3.8) is 0 Å². The number of hydrogen-bond donors (Lipinski definition) is 1. The fraction of sp³-hybridized carbons (Fsp3) is 0.400. The van der Waals surface area contributed by atoms with Crippen molar-refractivity contribution >= 4 is 43.2 Å². The molecule has 0 aliphatic heterocycles. The van der Waals surface area contributed by atoms with Crippen LogP contribution in [0.4, 0.5) is 10.1 Å². The van der Waals surface area contributed by atoms with Gasteiger partial charge in [0.05, 0.1) is 11.4 Å². The molecule has 3 nitrogen and oxygen atoms in total. The van der Waals surface area contributed by atoms with Crippen LogP contribution in [0.1, 0.15) is 12.8 Å². The summed E-state index contributed by atoms with van der Waals surface area (Å²) in [5, 5.41) is 0. The van der Waals surface area contributed by atoms with Gasteiger partial charge < -0.3 is 0 Å². The van der Waals surface area contributed by atoms with E-state index >= 15 is 0 Å². The lowest BCUT2D eigenvalue weighted by atomic mass is 10.3. The van der Waals surface area contributed by atoms with Crippen LogP contribution >= 0.6 is 27.5 Å². The van der Waals surface area contributed by atoms with Crippen molar-refractivity contribution in [2.75, 3.05) is 16.4 Å². The van der Waals surface area contributed by atoms with Gasteiger partial charge in [-0.15, -0.1) is 11.6 Å². The summed E-state index contributed by atoms with van der Waals surface area (Å²) < 4.78 is 39.3. The lowest BCUT2D eigenvalue weighted by molar-refractivity contribution is 0.595. The lowest BCUT2D eigenvalue weighted by Gasteiger charge is -2.08. The van der Waals surface area contributed by atoms with Gasteiger partial charge in [-0.05, 0) is 31.0 Å². The standard InChI is InChI=1S/C10H12BrClFNO2S/c11-8-3-4-9(13)10(7-8)14-17(15,16)6-2-1-5-12/h3-4,7,14H,1-2,5-6H2. The van der Waals surface area contributed by atoms with Crippen molar-refractivity contribution in [2.45, 2.75) is 12.8 Å². The maximum atomic E-state index is 13.3. The van der Waals surface area contributed by atoms with Crippen molar-refractivity contribution in [1.82, 2.24) is 0 Å². The minimum atomic E-state index is -3.52. The molecule has 1 rings (SSSR count). The number of alkyl halides is 1. The summed E-state index contributed by atoms with van der Waals surface area (Å²) in [6, 6.07) is 4.08. The van der Waals surface area contributed by atoms with Gasteiger partial charge in [0.1, 0.15) is 5.82 Å². The number of rotatable bonds is 6. The maximum Gasteiger partial charge on any atom is 0.232 e. The second-order valence-corrected chi connectivity index (χ2v) is 6.58. The molecular formula is C10H12BrClFNO2S. The molecule has 0 heterocycles. The van der Waals surface area contributed by atoms with E-state index in [2.05, 4.69) is 20.7 Å². The smallest absolute Gasteiger partial charge is 0.232 e. The minimum Gasteiger partial charge on any atom is -0.281 e. The molecular weight excluding hydrogens is 333 g/mol. The zero-order chi connectivity index (χ0) is 12.9. The third-order valence-electron chi connectivity index (χ3n) is 1.99. The second kappa shape index (κ2) is 6.56. The summed E-state index contributed by atoms with van der Waals surface area (Å²) in [4.78, 5) is 0. The highest BCUT2D eigenvalue weighted by Crippen LogP contribution is 2.21. The first-order chi connectivity index (χ1) is 7.94. The molecule has 1 N–H and O–H groups in total. The van der Waals surface area contributed by atoms with Gasteiger partial charge in [0, 0.05) is 10.4 Å². The molecule has 0 fully saturated rings. The quantitative estimate of drug-likeness (QED) is 0.635. The Kier molecular flexibility index (Phi) is 5.69. The van der Waals surface area contributed by atoms with Gasteiger partial charge in [0.25, 0.3) is 0 Å². The van der Waals surface area contributed by atoms with E-state index in [1.54, 1.807) is 0 Å². The van der Waals surface area contributed by atoms with Crippen molar-refractivity contribution in [2.24, 2.45) is 0 Å². The number of nitrogens with one attached hydrogen (secondary N) is 1. The fourth-order valence-electron chi connectivity index (χ4n) is 1.18. The van der Waals surface area contributed by atoms with Crippen molar-refractivity contribution in [1.29, 1.82) is 0 Å². The van der Waals surface area contributed by atoms with Crippen molar-refractivity contribution < 1.29 is 12.8 Å². The fourth-order valence-corrected chi connectivity index (χ4v) is 2.91. The molecule has 0 unspecified atom stereocenters. The van der Waals surface area contributed by atoms with Gasteiger partial charge in [-0.3, -0.25) is 4.72 Å². The zero-order valence-electron chi connectivity index (χ0n) is 8.92. The van der Waals surface area contributed by atoms with E-state index in [4.69, 9.17) is 11.6 Å². The summed E-state index contributed by atoms with van der Waals surface area (Å²) in [6.45, 7) is 0. The predicted octanol–water partition coefficient (Wildman–Crippen LogP) is 3.35. The first-order valence-electron chi connectivity index (χ1n) is 4.96. The van der Waals surface area contributed by atoms with E-state index in [0.29, 0.717) is 23.2 Å². The molecule has 0 amide bonds. The monoisotopic (exact) mass is 343 g/mol. The summed E-state index contributed by atoms with van der Waals surface area (Å²) in [7, 11) is -3.52. The van der Waals surface area contributed by atoms with Crippen LogP contribution < -0.4 is 4.72 Å². The first kappa shape index (κ1) is 14.7. The maximum absolute atomic E-state index is 13.3. The Labute approximate surface area is 114 Å². The topological polar surface area (TPSA) is 46.2 Å². The molecule has 1 aromatic rings. The highest BCUT2D eigenvalue weighted by Gasteiger charge is 2.13. The van der Waals surface area contributed by atoms with Gasteiger partial charge in [0.15, 0.2) is 0 Å². The molecule has 17 heavy (non-hydrogen) atoms. The molecule has 0 saturated carbocycles. The van der Waals surface area contributed by atoms with E-state index in [1.807, 2.05) is 0 Å². The number of hydrogen-bond acceptors (Lipinski definition) is 2. The van der Waals surface area contributed by atoms with E-state index in [0.717, 1.165) is 0 Å². The Balaban J connectivity index is 2.72. The molecule has 0 bridgehead atoms. The Hall–Kier alpha value is -0.330. The van der Waals surface area contributed by atoms with Crippen LogP contribution in [-0.2, 0) is 10.0 Å². The number of benzene rings is 1. The van der Waals surface area contributed by atoms with Crippen LogP contribution in [-0.4, -0.2) is 20.1 Å². The minimum absolute atomic E-state index is 0.0507. The van der Waals surface area contributed by atoms with E-state index in [-0.39, 0.29) is 11.4 Å². The normalized spacial score (nSPS) is 11.5. The summed E-state index contributed by atoms with van der Waals surface area (Å²) in [6.07, 6.45) is 1.07. The Morgan fingerprint density at radius 3 is 2.71 bits per heavy atom. The highest BCUT2D eigenvalue weighted by molar-refractivity contribution is 9.10. The average molecular weight is 345 g/mol. The Bertz CT molecular complexity index is 481. The van der Waals surface area contributed by atoms with E-state index in [9.17, 15) is 12.8 Å². The van der Waals surface area contributed by atoms with Crippen LogP contribution in [0.25, 0.3) is 0 Å². The third-order valence-corrected chi connectivity index (χ3v) is 4.11. The molecule has 1 aromatic carbocycles. The Morgan fingerprint density at radius 1 is 1.35 bits per heavy atom. The molecule has 0 radical (unpaired) electrons. The number of sulfonamides is 1. The number of halogens is 3. The van der Waals surface area contributed by atoms with Crippen molar-refractivity contribution in [3.05, 3.63) is 28.5 Å². The lowest BCUT2D eigenvalue weighted by Crippen LogP contribution is -2.17. The second-order valence-electron chi connectivity index (χ2n) is 3.44. The van der Waals surface area contributed by atoms with Gasteiger partial charge in [-0.2, -0.15) is 0 Å². The van der Waals surface area contributed by atoms with Crippen molar-refractivity contribution in [3.8, 4) is 0 Å². The van der Waals surface area contributed by atoms with Crippen LogP contribution in [0, 0.1) is 5.82 Å². The molecule has 0 aliphatic carbocycles. The van der Waals surface area contributed by atoms with E-state index < -0.39 is 15.8 Å². The number of unbranched alkanes of at least 4 members (excludes halogenated alkanes) is 1. The molecule has 0 aromatic heterocycles. The largest absolute Gasteiger partial charge is 0.281 e. The summed E-state index contributed by atoms with van der Waals surface area (Å²) in [5.41, 5.74) is -0.0507. The van der Waals surface area contributed by atoms with Crippen LogP contribution in [0.3, 0.4) is 0 Å². The van der Waals surface area contributed by atoms with Gasteiger partial charge in [-0.25, -0.2) is 12.8 Å². The van der Waals surface area contributed by atoms with Crippen LogP contribution in [0.15, 0.2) is 22.7 Å². The van der Waals surface area contributed by atoms with Gasteiger partial charge >= 0.3 is 0 Å². The summed E-state index contributed by atoms with van der Waals surface area (Å²) >= 11 is 8.60. The molecule has 0 spiro atoms. The average Bonchev–Trinajstić information content (AvgIpc) is 2.23. The van der Waals surface area contributed by atoms with Crippen LogP contribution in [0.2, 0.25) is 0 Å². The zero-order valence-corrected chi connectivity index (χ0v) is 12.1. The predicted molar refractivity (Wildman–Crippen MR) is 71.5 cm³/mol. The first-order valence-corrected chi connectivity index (χ1v) is 7.94. The molecule has 96 valence electrons. The molecule has 0 atom stereocenters. The van der Waals surface area contributed by atoms with Crippen LogP contribution in [0.5, 0.6) is 0 Å². The highest BCUT2D eigenvalue weighted by atomic mass is 79.9. The number of anilines is 1. The van der Waals surface area contributed by atoms with E-state index in [1.165, 1.54) is 18.2 Å². The SMILES string of the molecule is O=S(=O)(CCCCCl)Nc1cc(Br)ccc1F. The molecule has 0 aliphatic rings. The van der Waals surface area contributed by atoms with Gasteiger partial charge in [-0.1, -0.05) is 15.9 Å². The molecule has 7 heteroatoms. The summed E-state index contributed by atoms with van der Waals surface area (Å²) in [5.74, 6) is -0.249.